The van der Waals surface area contributed by atoms with Crippen molar-refractivity contribution in [2.75, 3.05) is 13.2 Å². The lowest BCUT2D eigenvalue weighted by atomic mass is 9.82. The largest absolute Gasteiger partial charge is 0.475 e. The van der Waals surface area contributed by atoms with Gasteiger partial charge in [-0.25, -0.2) is 9.59 Å². The zero-order valence-electron chi connectivity index (χ0n) is 39.6. The Labute approximate surface area is 363 Å². The molecule has 0 aliphatic rings. The number of hydrogen-bond acceptors (Lipinski definition) is 8. The number of nitrogens with one attached hydrogen (secondary N) is 2. The van der Waals surface area contributed by atoms with Crippen LogP contribution in [0.25, 0.3) is 0 Å². The lowest BCUT2D eigenvalue weighted by Gasteiger charge is -2.35. The number of esters is 2. The number of alkyl carbamates (subject to hydrolysis) is 1. The van der Waals surface area contributed by atoms with E-state index in [-0.39, 0.29) is 36.5 Å². The summed E-state index contributed by atoms with van der Waals surface area (Å²) in [6.07, 6.45) is 33.9. The molecule has 0 saturated heterocycles. The van der Waals surface area contributed by atoms with Crippen LogP contribution < -0.4 is 5.32 Å². The van der Waals surface area contributed by atoms with Gasteiger partial charge >= 0.3 is 18.0 Å². The number of rotatable bonds is 41. The normalized spacial score (nSPS) is 12.5. The second-order valence-corrected chi connectivity index (χ2v) is 18.0. The Bertz CT molecular complexity index is 1080. The molecule has 0 bridgehead atoms. The van der Waals surface area contributed by atoms with Gasteiger partial charge in [0.1, 0.15) is 11.7 Å². The van der Waals surface area contributed by atoms with E-state index < -0.39 is 5.97 Å². The number of hydrogen-bond donors (Lipinski definition) is 2. The summed E-state index contributed by atoms with van der Waals surface area (Å²) in [7, 11) is 0. The van der Waals surface area contributed by atoms with Crippen LogP contribution in [0.15, 0.2) is 12.2 Å². The van der Waals surface area contributed by atoms with Crippen LogP contribution in [0.5, 0.6) is 0 Å². The molecule has 0 saturated carbocycles. The summed E-state index contributed by atoms with van der Waals surface area (Å²) in [6, 6.07) is 0. The van der Waals surface area contributed by atoms with Gasteiger partial charge in [-0.15, -0.1) is 0 Å². The van der Waals surface area contributed by atoms with Crippen molar-refractivity contribution < 1.29 is 33.3 Å². The van der Waals surface area contributed by atoms with E-state index in [0.717, 1.165) is 64.2 Å². The monoisotopic (exact) mass is 835 g/mol. The predicted molar refractivity (Wildman–Crippen MR) is 246 cm³/mol. The average molecular weight is 835 g/mol. The molecule has 0 spiro atoms. The zero-order valence-corrected chi connectivity index (χ0v) is 39.6. The molecule has 0 aromatic carbocycles. The van der Waals surface area contributed by atoms with Crippen LogP contribution in [0.3, 0.4) is 0 Å². The van der Waals surface area contributed by atoms with Crippen LogP contribution in [0.4, 0.5) is 4.79 Å². The van der Waals surface area contributed by atoms with E-state index in [0.29, 0.717) is 36.8 Å². The summed E-state index contributed by atoms with van der Waals surface area (Å²) < 4.78 is 22.5. The third-order valence-electron chi connectivity index (χ3n) is 11.3. The minimum Gasteiger partial charge on any atom is -0.475 e. The third-order valence-corrected chi connectivity index (χ3v) is 11.3. The molecule has 0 radical (unpaired) electrons. The van der Waals surface area contributed by atoms with Crippen molar-refractivity contribution >= 4 is 23.9 Å². The lowest BCUT2D eigenvalue weighted by Crippen LogP contribution is -2.36. The molecule has 59 heavy (non-hydrogen) atoms. The van der Waals surface area contributed by atoms with Crippen molar-refractivity contribution in [3.8, 4) is 0 Å². The number of amides is 1. The van der Waals surface area contributed by atoms with Crippen molar-refractivity contribution in [1.82, 2.24) is 5.32 Å². The van der Waals surface area contributed by atoms with E-state index in [1.54, 1.807) is 6.92 Å². The first-order chi connectivity index (χ1) is 28.3. The number of carbonyl (C=O) groups excluding carboxylic acids is 3. The third kappa shape index (κ3) is 35.8. The van der Waals surface area contributed by atoms with Crippen molar-refractivity contribution in [2.45, 2.75) is 265 Å². The SMILES string of the molecule is C=C(C)C(=O)OCCCNC(=O)OC(CCCCCC)CCCCCCCCCCC(=N)OC(C)(C)C(CCCCCC)CCCCCCCCCCC(=O)OC(C)C. The van der Waals surface area contributed by atoms with Gasteiger partial charge in [0, 0.05) is 25.0 Å². The maximum atomic E-state index is 12.4. The quantitative estimate of drug-likeness (QED) is 0.0157. The topological polar surface area (TPSA) is 124 Å². The van der Waals surface area contributed by atoms with Crippen molar-refractivity contribution in [3.05, 3.63) is 12.2 Å². The highest BCUT2D eigenvalue weighted by molar-refractivity contribution is 5.86. The highest BCUT2D eigenvalue weighted by Gasteiger charge is 2.31. The molecule has 0 aliphatic carbocycles. The van der Waals surface area contributed by atoms with Crippen molar-refractivity contribution in [2.24, 2.45) is 5.92 Å². The Morgan fingerprint density at radius 1 is 0.610 bits per heavy atom. The van der Waals surface area contributed by atoms with E-state index in [1.807, 2.05) is 13.8 Å². The lowest BCUT2D eigenvalue weighted by molar-refractivity contribution is -0.147. The molecule has 2 unspecified atom stereocenters. The first kappa shape index (κ1) is 56.4. The molecule has 346 valence electrons. The van der Waals surface area contributed by atoms with Crippen molar-refractivity contribution in [1.29, 1.82) is 5.41 Å². The molecule has 0 aromatic heterocycles. The maximum absolute atomic E-state index is 12.4. The molecule has 1 amide bonds. The highest BCUT2D eigenvalue weighted by Crippen LogP contribution is 2.32. The van der Waals surface area contributed by atoms with Gasteiger partial charge in [0.25, 0.3) is 0 Å². The molecular weight excluding hydrogens is 741 g/mol. The number of ether oxygens (including phenoxy) is 4. The first-order valence-corrected chi connectivity index (χ1v) is 24.5. The average Bonchev–Trinajstić information content (AvgIpc) is 3.17. The smallest absolute Gasteiger partial charge is 0.407 e. The minimum absolute atomic E-state index is 0.0217. The molecule has 0 fully saturated rings. The molecule has 9 heteroatoms. The fourth-order valence-corrected chi connectivity index (χ4v) is 7.67. The van der Waals surface area contributed by atoms with E-state index >= 15 is 0 Å². The molecule has 0 aliphatic heterocycles. The molecule has 0 aromatic rings. The summed E-state index contributed by atoms with van der Waals surface area (Å²) >= 11 is 0. The number of carbonyl (C=O) groups is 3. The second kappa shape index (κ2) is 38.3. The summed E-state index contributed by atoms with van der Waals surface area (Å²) in [5, 5.41) is 11.5. The van der Waals surface area contributed by atoms with Gasteiger partial charge in [0.15, 0.2) is 5.90 Å². The van der Waals surface area contributed by atoms with Gasteiger partial charge < -0.3 is 24.3 Å². The van der Waals surface area contributed by atoms with Crippen LogP contribution in [0.2, 0.25) is 0 Å². The summed E-state index contributed by atoms with van der Waals surface area (Å²) in [5.74, 6) is 0.455. The second-order valence-electron chi connectivity index (χ2n) is 18.0. The number of unbranched alkanes of at least 4 members (excludes halogenated alkanes) is 20. The fourth-order valence-electron chi connectivity index (χ4n) is 7.67. The van der Waals surface area contributed by atoms with Gasteiger partial charge in [-0.2, -0.15) is 0 Å². The van der Waals surface area contributed by atoms with Crippen LogP contribution in [-0.4, -0.2) is 54.9 Å². The van der Waals surface area contributed by atoms with Gasteiger partial charge in [-0.05, 0) is 98.3 Å². The van der Waals surface area contributed by atoms with E-state index in [2.05, 4.69) is 39.6 Å². The van der Waals surface area contributed by atoms with Gasteiger partial charge in [0.2, 0.25) is 0 Å². The molecule has 2 N–H and O–H groups in total. The van der Waals surface area contributed by atoms with Crippen LogP contribution in [0.1, 0.15) is 248 Å². The molecular formula is C50H94N2O7. The zero-order chi connectivity index (χ0) is 44.0. The van der Waals surface area contributed by atoms with Gasteiger partial charge in [-0.3, -0.25) is 10.2 Å². The summed E-state index contributed by atoms with van der Waals surface area (Å²) in [6.45, 7) is 18.5. The highest BCUT2D eigenvalue weighted by atomic mass is 16.6. The van der Waals surface area contributed by atoms with Crippen molar-refractivity contribution in [3.63, 3.8) is 0 Å². The Kier molecular flexibility index (Phi) is 36.7. The Balaban J connectivity index is 4.35. The van der Waals surface area contributed by atoms with Crippen LogP contribution in [-0.2, 0) is 28.5 Å². The molecule has 0 rings (SSSR count). The fraction of sp³-hybridized carbons (Fsp3) is 0.880. The maximum Gasteiger partial charge on any atom is 0.407 e. The van der Waals surface area contributed by atoms with Gasteiger partial charge in [0.05, 0.1) is 12.7 Å². The van der Waals surface area contributed by atoms with E-state index in [1.165, 1.54) is 122 Å². The predicted octanol–water partition coefficient (Wildman–Crippen LogP) is 14.7. The Morgan fingerprint density at radius 2 is 1.05 bits per heavy atom. The van der Waals surface area contributed by atoms with Crippen LogP contribution in [0, 0.1) is 11.3 Å². The van der Waals surface area contributed by atoms with E-state index in [4.69, 9.17) is 24.4 Å². The molecule has 9 nitrogen and oxygen atoms in total. The standard InChI is InChI=1S/C50H94N2O7/c1-9-11-13-27-34-44(35-28-23-19-15-18-22-26-32-39-47(53)57-43(5)6)50(7,8)59-46(51)38-31-25-21-17-16-20-24-30-37-45(36-29-14-12-10-2)58-49(55)52-40-33-41-56-48(54)42(3)4/h43-45,51H,3,9-41H2,1-2,4-8H3,(H,52,55). The Morgan fingerprint density at radius 3 is 1.53 bits per heavy atom. The minimum atomic E-state index is -0.407. The van der Waals surface area contributed by atoms with Gasteiger partial charge in [-0.1, -0.05) is 149 Å². The summed E-state index contributed by atoms with van der Waals surface area (Å²) in [4.78, 5) is 35.6. The first-order valence-electron chi connectivity index (χ1n) is 24.5. The molecule has 0 heterocycles. The summed E-state index contributed by atoms with van der Waals surface area (Å²) in [5.41, 5.74) is 0.0579. The van der Waals surface area contributed by atoms with Crippen LogP contribution >= 0.6 is 0 Å². The van der Waals surface area contributed by atoms with E-state index in [9.17, 15) is 14.4 Å². The molecule has 2 atom stereocenters. The Hall–Kier alpha value is -2.58.